The maximum absolute atomic E-state index is 14.7. The highest BCUT2D eigenvalue weighted by Crippen LogP contribution is 2.28. The van der Waals surface area contributed by atoms with Crippen molar-refractivity contribution in [1.82, 2.24) is 0 Å². The van der Waals surface area contributed by atoms with Crippen molar-refractivity contribution in [3.8, 4) is 0 Å². The lowest BCUT2D eigenvalue weighted by molar-refractivity contribution is -0.139. The number of hydrogen-bond donors (Lipinski definition) is 2. The van der Waals surface area contributed by atoms with E-state index < -0.39 is 11.4 Å². The van der Waals surface area contributed by atoms with E-state index in [-0.39, 0.29) is 19.0 Å². The highest BCUT2D eigenvalue weighted by atomic mass is 19.1. The van der Waals surface area contributed by atoms with Crippen LogP contribution in [-0.4, -0.2) is 36.0 Å². The molecule has 0 aliphatic carbocycles. The Balaban J connectivity index is 1.94. The van der Waals surface area contributed by atoms with Crippen LogP contribution in [0.1, 0.15) is 67.9 Å². The Kier molecular flexibility index (Phi) is 11.6. The summed E-state index contributed by atoms with van der Waals surface area (Å²) in [5.74, 6) is -0.588. The Hall–Kier alpha value is -2.50. The Bertz CT molecular complexity index is 970. The molecular formula is C30H41FO4. The van der Waals surface area contributed by atoms with Crippen LogP contribution in [0.25, 0.3) is 0 Å². The molecule has 0 saturated heterocycles. The molecule has 2 rings (SSSR count). The number of ether oxygens (including phenoxy) is 1. The first-order chi connectivity index (χ1) is 16.8. The molecule has 0 saturated carbocycles. The molecule has 2 aromatic rings. The molecule has 192 valence electrons. The molecule has 0 spiro atoms. The molecular weight excluding hydrogens is 443 g/mol. The Morgan fingerprint density at radius 2 is 1.57 bits per heavy atom. The second-order valence-corrected chi connectivity index (χ2v) is 9.57. The lowest BCUT2D eigenvalue weighted by Crippen LogP contribution is -2.29. The summed E-state index contributed by atoms with van der Waals surface area (Å²) in [6, 6.07) is 11.9. The van der Waals surface area contributed by atoms with Crippen LogP contribution in [0.15, 0.2) is 48.6 Å². The molecule has 0 unspecified atom stereocenters. The van der Waals surface area contributed by atoms with Gasteiger partial charge < -0.3 is 14.9 Å². The zero-order valence-corrected chi connectivity index (χ0v) is 21.5. The average Bonchev–Trinajstić information content (AvgIpc) is 2.87. The fourth-order valence-corrected chi connectivity index (χ4v) is 4.21. The number of aliphatic hydroxyl groups is 2. The van der Waals surface area contributed by atoms with Gasteiger partial charge in [0.05, 0.1) is 19.8 Å². The van der Waals surface area contributed by atoms with E-state index in [0.29, 0.717) is 37.0 Å². The molecule has 2 aromatic carbocycles. The fourth-order valence-electron chi connectivity index (χ4n) is 4.21. The molecule has 0 bridgehead atoms. The van der Waals surface area contributed by atoms with Crippen molar-refractivity contribution < 1.29 is 24.1 Å². The Labute approximate surface area is 209 Å². The maximum atomic E-state index is 14.7. The van der Waals surface area contributed by atoms with Gasteiger partial charge >= 0.3 is 5.97 Å². The SMILES string of the molecule is C=C(C)C(=O)OCCCc1ccc(CCc2ccc(CCC(CC)(CO)CO)cc2CC)c(F)c1. The molecule has 0 heterocycles. The van der Waals surface area contributed by atoms with Gasteiger partial charge in [-0.15, -0.1) is 0 Å². The van der Waals surface area contributed by atoms with Gasteiger partial charge in [-0.05, 0) is 92.2 Å². The molecule has 0 aliphatic heterocycles. The van der Waals surface area contributed by atoms with Crippen LogP contribution >= 0.6 is 0 Å². The third kappa shape index (κ3) is 8.59. The lowest BCUT2D eigenvalue weighted by Gasteiger charge is -2.28. The van der Waals surface area contributed by atoms with E-state index in [0.717, 1.165) is 37.7 Å². The number of halogens is 1. The minimum Gasteiger partial charge on any atom is -0.462 e. The summed E-state index contributed by atoms with van der Waals surface area (Å²) in [5, 5.41) is 19.4. The minimum absolute atomic E-state index is 0.00840. The molecule has 0 fully saturated rings. The van der Waals surface area contributed by atoms with Crippen LogP contribution < -0.4 is 0 Å². The summed E-state index contributed by atoms with van der Waals surface area (Å²) in [7, 11) is 0. The second-order valence-electron chi connectivity index (χ2n) is 9.57. The van der Waals surface area contributed by atoms with E-state index in [4.69, 9.17) is 4.74 Å². The third-order valence-corrected chi connectivity index (χ3v) is 6.99. The highest BCUT2D eigenvalue weighted by molar-refractivity contribution is 5.86. The van der Waals surface area contributed by atoms with Gasteiger partial charge in [-0.1, -0.05) is 50.8 Å². The first-order valence-corrected chi connectivity index (χ1v) is 12.7. The van der Waals surface area contributed by atoms with E-state index in [2.05, 4.69) is 31.7 Å². The van der Waals surface area contributed by atoms with Gasteiger partial charge in [0.15, 0.2) is 0 Å². The van der Waals surface area contributed by atoms with Crippen LogP contribution in [0.4, 0.5) is 4.39 Å². The van der Waals surface area contributed by atoms with Crippen LogP contribution in [0.5, 0.6) is 0 Å². The van der Waals surface area contributed by atoms with Crippen molar-refractivity contribution in [3.63, 3.8) is 0 Å². The number of carbonyl (C=O) groups excluding carboxylic acids is 1. The summed E-state index contributed by atoms with van der Waals surface area (Å²) in [5.41, 5.74) is 5.24. The second kappa shape index (κ2) is 14.2. The van der Waals surface area contributed by atoms with Gasteiger partial charge in [-0.25, -0.2) is 9.18 Å². The number of esters is 1. The van der Waals surface area contributed by atoms with Gasteiger partial charge in [0, 0.05) is 11.0 Å². The van der Waals surface area contributed by atoms with Gasteiger partial charge in [0.1, 0.15) is 5.82 Å². The van der Waals surface area contributed by atoms with Crippen molar-refractivity contribution in [2.24, 2.45) is 5.41 Å². The summed E-state index contributed by atoms with van der Waals surface area (Å²) in [6.07, 6.45) is 5.88. The third-order valence-electron chi connectivity index (χ3n) is 6.99. The van der Waals surface area contributed by atoms with Crippen molar-refractivity contribution in [3.05, 3.63) is 82.2 Å². The molecule has 0 atom stereocenters. The molecule has 0 aromatic heterocycles. The first kappa shape index (κ1) is 28.7. The van der Waals surface area contributed by atoms with E-state index >= 15 is 0 Å². The summed E-state index contributed by atoms with van der Waals surface area (Å²) >= 11 is 0. The normalized spacial score (nSPS) is 11.5. The number of benzene rings is 2. The molecule has 0 aliphatic rings. The number of carbonyl (C=O) groups is 1. The van der Waals surface area contributed by atoms with Gasteiger partial charge in [-0.2, -0.15) is 0 Å². The predicted octanol–water partition coefficient (Wildman–Crippen LogP) is 5.54. The molecule has 35 heavy (non-hydrogen) atoms. The zero-order chi connectivity index (χ0) is 25.8. The summed E-state index contributed by atoms with van der Waals surface area (Å²) in [6.45, 7) is 9.57. The Morgan fingerprint density at radius 1 is 0.943 bits per heavy atom. The molecule has 5 heteroatoms. The zero-order valence-electron chi connectivity index (χ0n) is 21.5. The van der Waals surface area contributed by atoms with Crippen molar-refractivity contribution in [2.45, 2.75) is 72.1 Å². The highest BCUT2D eigenvalue weighted by Gasteiger charge is 2.26. The Morgan fingerprint density at radius 3 is 2.14 bits per heavy atom. The van der Waals surface area contributed by atoms with Crippen LogP contribution in [-0.2, 0) is 41.6 Å². The maximum Gasteiger partial charge on any atom is 0.333 e. The van der Waals surface area contributed by atoms with Crippen LogP contribution in [0, 0.1) is 11.2 Å². The van der Waals surface area contributed by atoms with E-state index in [9.17, 15) is 19.4 Å². The summed E-state index contributed by atoms with van der Waals surface area (Å²) in [4.78, 5) is 11.4. The number of rotatable bonds is 15. The minimum atomic E-state index is -0.427. The predicted molar refractivity (Wildman–Crippen MR) is 139 cm³/mol. The number of aryl methyl sites for hydroxylation is 5. The summed E-state index contributed by atoms with van der Waals surface area (Å²) < 4.78 is 19.8. The van der Waals surface area contributed by atoms with Crippen LogP contribution in [0.2, 0.25) is 0 Å². The van der Waals surface area contributed by atoms with Gasteiger partial charge in [0.25, 0.3) is 0 Å². The van der Waals surface area contributed by atoms with Crippen molar-refractivity contribution >= 4 is 5.97 Å². The van der Waals surface area contributed by atoms with E-state index in [1.54, 1.807) is 13.0 Å². The smallest absolute Gasteiger partial charge is 0.333 e. The number of aliphatic hydroxyl groups excluding tert-OH is 2. The van der Waals surface area contributed by atoms with E-state index in [1.165, 1.54) is 16.7 Å². The van der Waals surface area contributed by atoms with Gasteiger partial charge in [0.2, 0.25) is 0 Å². The first-order valence-electron chi connectivity index (χ1n) is 12.7. The largest absolute Gasteiger partial charge is 0.462 e. The number of hydrogen-bond acceptors (Lipinski definition) is 4. The molecule has 4 nitrogen and oxygen atoms in total. The topological polar surface area (TPSA) is 66.8 Å². The van der Waals surface area contributed by atoms with Crippen LogP contribution in [0.3, 0.4) is 0 Å². The monoisotopic (exact) mass is 484 g/mol. The quantitative estimate of drug-likeness (QED) is 0.198. The fraction of sp³-hybridized carbons (Fsp3) is 0.500. The molecule has 2 N–H and O–H groups in total. The standard InChI is InChI=1S/C30H41FO4/c1-5-25-18-24(15-16-30(6-2,20-32)21-33)9-11-26(25)13-14-27-12-10-23(19-28(27)31)8-7-17-35-29(34)22(3)4/h9-12,18-19,32-33H,3,5-8,13-17,20-21H2,1-2,4H3. The lowest BCUT2D eigenvalue weighted by atomic mass is 9.81. The van der Waals surface area contributed by atoms with Crippen molar-refractivity contribution in [2.75, 3.05) is 19.8 Å². The van der Waals surface area contributed by atoms with E-state index in [1.807, 2.05) is 19.1 Å². The van der Waals surface area contributed by atoms with Crippen molar-refractivity contribution in [1.29, 1.82) is 0 Å². The molecule has 0 radical (unpaired) electrons. The molecule has 0 amide bonds. The van der Waals surface area contributed by atoms with Gasteiger partial charge in [-0.3, -0.25) is 0 Å². The average molecular weight is 485 g/mol.